The van der Waals surface area contributed by atoms with Gasteiger partial charge in [-0.2, -0.15) is 5.10 Å². The smallest absolute Gasteiger partial charge is 0.267 e. The largest absolute Gasteiger partial charge is 0.300 e. The lowest BCUT2D eigenvalue weighted by Gasteiger charge is -2.07. The number of hydrogen-bond acceptors (Lipinski definition) is 5. The van der Waals surface area contributed by atoms with Crippen LogP contribution in [0.25, 0.3) is 22.5 Å². The third kappa shape index (κ3) is 4.59. The highest BCUT2D eigenvalue weighted by Gasteiger charge is 2.13. The lowest BCUT2D eigenvalue weighted by Crippen LogP contribution is -2.29. The zero-order valence-corrected chi connectivity index (χ0v) is 17.7. The predicted molar refractivity (Wildman–Crippen MR) is 120 cm³/mol. The molecule has 0 bridgehead atoms. The van der Waals surface area contributed by atoms with Gasteiger partial charge in [0, 0.05) is 27.6 Å². The second-order valence-electron chi connectivity index (χ2n) is 6.29. The minimum absolute atomic E-state index is 0.230. The maximum Gasteiger partial charge on any atom is 0.267 e. The molecule has 150 valence electrons. The summed E-state index contributed by atoms with van der Waals surface area (Å²) in [5.74, 6) is -0.409. The number of nitrogens with zero attached hydrogens (tertiary/aromatic N) is 3. The van der Waals surface area contributed by atoms with E-state index in [0.717, 1.165) is 10.2 Å². The topological polar surface area (TPSA) is 76.9 Å². The van der Waals surface area contributed by atoms with Crippen LogP contribution in [-0.4, -0.2) is 20.7 Å². The van der Waals surface area contributed by atoms with Crippen molar-refractivity contribution < 1.29 is 4.79 Å². The van der Waals surface area contributed by atoms with Crippen LogP contribution in [0.15, 0.2) is 70.8 Å². The number of halogens is 2. The molecule has 4 rings (SSSR count). The van der Waals surface area contributed by atoms with Crippen LogP contribution >= 0.6 is 34.5 Å². The highest BCUT2D eigenvalue weighted by molar-refractivity contribution is 7.14. The van der Waals surface area contributed by atoms with Gasteiger partial charge in [0.25, 0.3) is 5.56 Å². The first-order valence-corrected chi connectivity index (χ1v) is 10.5. The van der Waals surface area contributed by atoms with Crippen LogP contribution in [0, 0.1) is 0 Å². The predicted octanol–water partition coefficient (Wildman–Crippen LogP) is 4.98. The molecule has 2 aromatic heterocycles. The van der Waals surface area contributed by atoms with E-state index in [4.69, 9.17) is 23.2 Å². The number of benzene rings is 2. The number of aromatic nitrogens is 3. The fourth-order valence-corrected chi connectivity index (χ4v) is 3.88. The standard InChI is InChI=1S/C21H14Cl2N4O2S/c22-14-6-7-16(23)15(10-14)18-12-30-21(24-18)25-19(28)11-27-20(29)9-8-17(26-27)13-4-2-1-3-5-13/h1-10,12H,11H2,(H,24,25,28). The molecule has 0 fully saturated rings. The molecule has 0 radical (unpaired) electrons. The Morgan fingerprint density at radius 3 is 2.63 bits per heavy atom. The average Bonchev–Trinajstić information content (AvgIpc) is 3.20. The van der Waals surface area contributed by atoms with Gasteiger partial charge in [0.1, 0.15) is 6.54 Å². The number of rotatable bonds is 5. The van der Waals surface area contributed by atoms with Crippen LogP contribution in [0.3, 0.4) is 0 Å². The van der Waals surface area contributed by atoms with E-state index in [1.165, 1.54) is 17.4 Å². The van der Waals surface area contributed by atoms with Gasteiger partial charge in [0.2, 0.25) is 5.91 Å². The van der Waals surface area contributed by atoms with Crippen LogP contribution in [0.2, 0.25) is 10.0 Å². The van der Waals surface area contributed by atoms with Gasteiger partial charge in [0.15, 0.2) is 5.13 Å². The number of nitrogens with one attached hydrogen (secondary N) is 1. The molecule has 2 aromatic carbocycles. The van der Waals surface area contributed by atoms with E-state index >= 15 is 0 Å². The zero-order chi connectivity index (χ0) is 21.1. The summed E-state index contributed by atoms with van der Waals surface area (Å²) in [7, 11) is 0. The second kappa shape index (κ2) is 8.79. The quantitative estimate of drug-likeness (QED) is 0.459. The monoisotopic (exact) mass is 456 g/mol. The van der Waals surface area contributed by atoms with E-state index in [1.54, 1.807) is 29.6 Å². The Kier molecular flexibility index (Phi) is 5.94. The van der Waals surface area contributed by atoms with E-state index in [2.05, 4.69) is 15.4 Å². The summed E-state index contributed by atoms with van der Waals surface area (Å²) in [6, 6.07) is 17.5. The Hall–Kier alpha value is -3.00. The van der Waals surface area contributed by atoms with Crippen molar-refractivity contribution in [3.63, 3.8) is 0 Å². The highest BCUT2D eigenvalue weighted by atomic mass is 35.5. The molecular weight excluding hydrogens is 443 g/mol. The lowest BCUT2D eigenvalue weighted by atomic mass is 10.1. The van der Waals surface area contributed by atoms with Crippen LogP contribution in [-0.2, 0) is 11.3 Å². The summed E-state index contributed by atoms with van der Waals surface area (Å²) in [5, 5.41) is 10.2. The molecule has 1 amide bonds. The summed E-state index contributed by atoms with van der Waals surface area (Å²) < 4.78 is 1.13. The SMILES string of the molecule is O=C(Cn1nc(-c2ccccc2)ccc1=O)Nc1nc(-c2cc(Cl)ccc2Cl)cs1. The van der Waals surface area contributed by atoms with Crippen molar-refractivity contribution in [3.8, 4) is 22.5 Å². The molecule has 2 heterocycles. The molecule has 0 unspecified atom stereocenters. The minimum atomic E-state index is -0.409. The zero-order valence-electron chi connectivity index (χ0n) is 15.4. The fraction of sp³-hybridized carbons (Fsp3) is 0.0476. The molecule has 6 nitrogen and oxygen atoms in total. The van der Waals surface area contributed by atoms with Crippen molar-refractivity contribution in [2.24, 2.45) is 0 Å². The highest BCUT2D eigenvalue weighted by Crippen LogP contribution is 2.32. The van der Waals surface area contributed by atoms with Crippen molar-refractivity contribution in [3.05, 3.63) is 86.4 Å². The molecule has 0 atom stereocenters. The Bertz CT molecular complexity index is 1270. The summed E-state index contributed by atoms with van der Waals surface area (Å²) in [6.45, 7) is -0.230. The lowest BCUT2D eigenvalue weighted by molar-refractivity contribution is -0.117. The third-order valence-electron chi connectivity index (χ3n) is 4.18. The van der Waals surface area contributed by atoms with E-state index in [-0.39, 0.29) is 12.1 Å². The van der Waals surface area contributed by atoms with Gasteiger partial charge in [-0.15, -0.1) is 11.3 Å². The van der Waals surface area contributed by atoms with Gasteiger partial charge in [-0.1, -0.05) is 53.5 Å². The van der Waals surface area contributed by atoms with Crippen LogP contribution in [0.1, 0.15) is 0 Å². The summed E-state index contributed by atoms with van der Waals surface area (Å²) in [5.41, 5.74) is 2.37. The Morgan fingerprint density at radius 2 is 1.83 bits per heavy atom. The number of anilines is 1. The van der Waals surface area contributed by atoms with E-state index in [1.807, 2.05) is 30.3 Å². The third-order valence-corrected chi connectivity index (χ3v) is 5.51. The average molecular weight is 457 g/mol. The maximum absolute atomic E-state index is 12.5. The van der Waals surface area contributed by atoms with Gasteiger partial charge in [-0.3, -0.25) is 9.59 Å². The molecule has 0 saturated heterocycles. The number of carbonyl (C=O) groups is 1. The summed E-state index contributed by atoms with van der Waals surface area (Å²) in [4.78, 5) is 29.0. The van der Waals surface area contributed by atoms with Crippen molar-refractivity contribution >= 4 is 45.6 Å². The van der Waals surface area contributed by atoms with Crippen molar-refractivity contribution in [2.45, 2.75) is 6.54 Å². The van der Waals surface area contributed by atoms with Crippen LogP contribution in [0.4, 0.5) is 5.13 Å². The van der Waals surface area contributed by atoms with Gasteiger partial charge < -0.3 is 5.32 Å². The summed E-state index contributed by atoms with van der Waals surface area (Å²) >= 11 is 13.5. The molecule has 0 aliphatic heterocycles. The number of thiazole rings is 1. The Morgan fingerprint density at radius 1 is 1.03 bits per heavy atom. The maximum atomic E-state index is 12.5. The van der Waals surface area contributed by atoms with Gasteiger partial charge >= 0.3 is 0 Å². The molecule has 30 heavy (non-hydrogen) atoms. The van der Waals surface area contributed by atoms with Crippen LogP contribution in [0.5, 0.6) is 0 Å². The molecular formula is C21H14Cl2N4O2S. The Balaban J connectivity index is 1.50. The second-order valence-corrected chi connectivity index (χ2v) is 7.99. The first kappa shape index (κ1) is 20.3. The van der Waals surface area contributed by atoms with Crippen molar-refractivity contribution in [1.82, 2.24) is 14.8 Å². The molecule has 4 aromatic rings. The fourth-order valence-electron chi connectivity index (χ4n) is 2.77. The first-order valence-electron chi connectivity index (χ1n) is 8.84. The molecule has 0 spiro atoms. The molecule has 0 aliphatic carbocycles. The summed E-state index contributed by atoms with van der Waals surface area (Å²) in [6.07, 6.45) is 0. The molecule has 1 N–H and O–H groups in total. The molecule has 0 aliphatic rings. The van der Waals surface area contributed by atoms with Crippen molar-refractivity contribution in [2.75, 3.05) is 5.32 Å². The van der Waals surface area contributed by atoms with Gasteiger partial charge in [-0.05, 0) is 24.3 Å². The number of amides is 1. The molecule has 9 heteroatoms. The number of carbonyl (C=O) groups excluding carboxylic acids is 1. The van der Waals surface area contributed by atoms with E-state index < -0.39 is 5.91 Å². The Labute approximate surface area is 185 Å². The van der Waals surface area contributed by atoms with E-state index in [0.29, 0.717) is 32.1 Å². The minimum Gasteiger partial charge on any atom is -0.300 e. The van der Waals surface area contributed by atoms with E-state index in [9.17, 15) is 9.59 Å². The molecule has 0 saturated carbocycles. The normalized spacial score (nSPS) is 10.7. The van der Waals surface area contributed by atoms with Gasteiger partial charge in [0.05, 0.1) is 16.4 Å². The van der Waals surface area contributed by atoms with Crippen LogP contribution < -0.4 is 10.9 Å². The van der Waals surface area contributed by atoms with Crippen molar-refractivity contribution in [1.29, 1.82) is 0 Å². The first-order chi connectivity index (χ1) is 14.5. The number of hydrogen-bond donors (Lipinski definition) is 1. The van der Waals surface area contributed by atoms with Gasteiger partial charge in [-0.25, -0.2) is 9.67 Å².